The molecular formula is C17H26ClN3. The number of benzene rings is 1. The molecule has 0 aliphatic heterocycles. The van der Waals surface area contributed by atoms with E-state index < -0.39 is 0 Å². The van der Waals surface area contributed by atoms with Gasteiger partial charge in [-0.2, -0.15) is 0 Å². The lowest BCUT2D eigenvalue weighted by molar-refractivity contribution is 0.522. The fourth-order valence-corrected chi connectivity index (χ4v) is 3.00. The molecule has 2 unspecified atom stereocenters. The Morgan fingerprint density at radius 1 is 1.29 bits per heavy atom. The van der Waals surface area contributed by atoms with E-state index >= 15 is 0 Å². The summed E-state index contributed by atoms with van der Waals surface area (Å²) in [7, 11) is 0. The van der Waals surface area contributed by atoms with Gasteiger partial charge in [0.2, 0.25) is 0 Å². The van der Waals surface area contributed by atoms with E-state index in [0.717, 1.165) is 42.8 Å². The molecule has 1 aromatic carbocycles. The van der Waals surface area contributed by atoms with Crippen molar-refractivity contribution in [2.24, 2.45) is 5.73 Å². The third-order valence-electron chi connectivity index (χ3n) is 3.92. The molecule has 2 atom stereocenters. The topological polar surface area (TPSA) is 43.8 Å². The highest BCUT2D eigenvalue weighted by Crippen LogP contribution is 2.27. The van der Waals surface area contributed by atoms with Crippen LogP contribution in [0.4, 0.5) is 0 Å². The first-order chi connectivity index (χ1) is 10.0. The highest BCUT2D eigenvalue weighted by molar-refractivity contribution is 6.31. The Balaban J connectivity index is 2.26. The second-order valence-electron chi connectivity index (χ2n) is 6.06. The standard InChI is InChI=1S/C17H26ClN3/c1-4-10-21-16-9-8-14(18)11-15(16)20-17(21)12(2)6-5-7-13(3)19/h8-9,11-13H,4-7,10,19H2,1-3H3. The van der Waals surface area contributed by atoms with Crippen LogP contribution >= 0.6 is 11.6 Å². The third kappa shape index (κ3) is 3.98. The van der Waals surface area contributed by atoms with Gasteiger partial charge in [-0.1, -0.05) is 31.9 Å². The number of rotatable bonds is 7. The molecule has 2 N–H and O–H groups in total. The molecule has 0 saturated carbocycles. The number of aryl methyl sites for hydroxylation is 1. The molecule has 1 aromatic heterocycles. The Kier molecular flexibility index (Phi) is 5.65. The minimum atomic E-state index is 0.283. The summed E-state index contributed by atoms with van der Waals surface area (Å²) in [6.07, 6.45) is 4.45. The molecule has 0 radical (unpaired) electrons. The van der Waals surface area contributed by atoms with Crippen LogP contribution in [0.3, 0.4) is 0 Å². The minimum Gasteiger partial charge on any atom is -0.328 e. The number of nitrogens with zero attached hydrogens (tertiary/aromatic N) is 2. The van der Waals surface area contributed by atoms with Crippen molar-refractivity contribution in [2.45, 2.75) is 65.0 Å². The molecule has 1 heterocycles. The summed E-state index contributed by atoms with van der Waals surface area (Å²) in [5.74, 6) is 1.63. The second-order valence-corrected chi connectivity index (χ2v) is 6.50. The lowest BCUT2D eigenvalue weighted by Gasteiger charge is -2.14. The number of imidazole rings is 1. The highest BCUT2D eigenvalue weighted by Gasteiger charge is 2.16. The van der Waals surface area contributed by atoms with Crippen molar-refractivity contribution in [3.8, 4) is 0 Å². The number of hydrogen-bond acceptors (Lipinski definition) is 2. The highest BCUT2D eigenvalue weighted by atomic mass is 35.5. The van der Waals surface area contributed by atoms with E-state index in [-0.39, 0.29) is 6.04 Å². The van der Waals surface area contributed by atoms with Crippen LogP contribution in [0, 0.1) is 0 Å². The molecule has 4 heteroatoms. The zero-order valence-corrected chi connectivity index (χ0v) is 14.0. The van der Waals surface area contributed by atoms with Crippen LogP contribution in [0.2, 0.25) is 5.02 Å². The second kappa shape index (κ2) is 7.28. The maximum absolute atomic E-state index is 6.09. The van der Waals surface area contributed by atoms with E-state index in [1.54, 1.807) is 0 Å². The number of aromatic nitrogens is 2. The van der Waals surface area contributed by atoms with Gasteiger partial charge in [0, 0.05) is 23.5 Å². The van der Waals surface area contributed by atoms with Crippen molar-refractivity contribution >= 4 is 22.6 Å². The monoisotopic (exact) mass is 307 g/mol. The van der Waals surface area contributed by atoms with Crippen molar-refractivity contribution in [2.75, 3.05) is 0 Å². The summed E-state index contributed by atoms with van der Waals surface area (Å²) in [4.78, 5) is 4.84. The number of fused-ring (bicyclic) bond motifs is 1. The average Bonchev–Trinajstić information content (AvgIpc) is 2.77. The first kappa shape index (κ1) is 16.3. The summed E-state index contributed by atoms with van der Waals surface area (Å²) in [5.41, 5.74) is 8.03. The van der Waals surface area contributed by atoms with Crippen LogP contribution in [0.15, 0.2) is 18.2 Å². The van der Waals surface area contributed by atoms with Crippen molar-refractivity contribution < 1.29 is 0 Å². The zero-order valence-electron chi connectivity index (χ0n) is 13.3. The fraction of sp³-hybridized carbons (Fsp3) is 0.588. The maximum Gasteiger partial charge on any atom is 0.112 e. The summed E-state index contributed by atoms with van der Waals surface area (Å²) in [6.45, 7) is 7.53. The SMILES string of the molecule is CCCn1c(C(C)CCCC(C)N)nc2cc(Cl)ccc21. The molecule has 2 aromatic rings. The van der Waals surface area contributed by atoms with E-state index in [1.807, 2.05) is 12.1 Å². The Morgan fingerprint density at radius 2 is 2.05 bits per heavy atom. The molecule has 0 aliphatic carbocycles. The van der Waals surface area contributed by atoms with Crippen molar-refractivity contribution in [1.82, 2.24) is 9.55 Å². The predicted molar refractivity (Wildman–Crippen MR) is 90.9 cm³/mol. The lowest BCUT2D eigenvalue weighted by Crippen LogP contribution is -2.15. The molecule has 0 bridgehead atoms. The van der Waals surface area contributed by atoms with Gasteiger partial charge >= 0.3 is 0 Å². The van der Waals surface area contributed by atoms with Crippen molar-refractivity contribution in [1.29, 1.82) is 0 Å². The van der Waals surface area contributed by atoms with E-state index in [1.165, 1.54) is 11.3 Å². The molecule has 116 valence electrons. The van der Waals surface area contributed by atoms with Gasteiger partial charge in [0.1, 0.15) is 5.82 Å². The number of hydrogen-bond donors (Lipinski definition) is 1. The lowest BCUT2D eigenvalue weighted by atomic mass is 10.0. The molecule has 0 amide bonds. The van der Waals surface area contributed by atoms with Crippen LogP contribution in [0.1, 0.15) is 58.2 Å². The smallest absolute Gasteiger partial charge is 0.112 e. The normalized spacial score (nSPS) is 14.5. The van der Waals surface area contributed by atoms with Crippen molar-refractivity contribution in [3.05, 3.63) is 29.0 Å². The summed E-state index contributed by atoms with van der Waals surface area (Å²) < 4.78 is 2.35. The number of nitrogens with two attached hydrogens (primary N) is 1. The minimum absolute atomic E-state index is 0.283. The van der Waals surface area contributed by atoms with Crippen LogP contribution in [-0.4, -0.2) is 15.6 Å². The predicted octanol–water partition coefficient (Wildman–Crippen LogP) is 4.72. The molecule has 21 heavy (non-hydrogen) atoms. The van der Waals surface area contributed by atoms with Gasteiger partial charge in [-0.25, -0.2) is 4.98 Å². The summed E-state index contributed by atoms with van der Waals surface area (Å²) in [6, 6.07) is 6.27. The van der Waals surface area contributed by atoms with E-state index in [2.05, 4.69) is 31.4 Å². The molecule has 0 saturated heterocycles. The molecular weight excluding hydrogens is 282 g/mol. The molecule has 0 fully saturated rings. The molecule has 0 aliphatic rings. The first-order valence-electron chi connectivity index (χ1n) is 7.94. The van der Waals surface area contributed by atoms with Gasteiger partial charge in [0.25, 0.3) is 0 Å². The number of halogens is 1. The Hall–Kier alpha value is -1.06. The van der Waals surface area contributed by atoms with Crippen LogP contribution < -0.4 is 5.73 Å². The van der Waals surface area contributed by atoms with Gasteiger partial charge in [-0.15, -0.1) is 0 Å². The van der Waals surface area contributed by atoms with Gasteiger partial charge in [-0.3, -0.25) is 0 Å². The Bertz CT molecular complexity index is 589. The molecule has 3 nitrogen and oxygen atoms in total. The van der Waals surface area contributed by atoms with Gasteiger partial charge in [-0.05, 0) is 44.4 Å². The van der Waals surface area contributed by atoms with E-state index in [9.17, 15) is 0 Å². The van der Waals surface area contributed by atoms with E-state index in [4.69, 9.17) is 22.3 Å². The van der Waals surface area contributed by atoms with Gasteiger partial charge in [0.05, 0.1) is 11.0 Å². The van der Waals surface area contributed by atoms with Crippen LogP contribution in [0.25, 0.3) is 11.0 Å². The van der Waals surface area contributed by atoms with Gasteiger partial charge in [0.15, 0.2) is 0 Å². The summed E-state index contributed by atoms with van der Waals surface area (Å²) >= 11 is 6.09. The quantitative estimate of drug-likeness (QED) is 0.804. The van der Waals surface area contributed by atoms with Crippen LogP contribution in [0.5, 0.6) is 0 Å². The van der Waals surface area contributed by atoms with Gasteiger partial charge < -0.3 is 10.3 Å². The van der Waals surface area contributed by atoms with Crippen molar-refractivity contribution in [3.63, 3.8) is 0 Å². The maximum atomic E-state index is 6.09. The third-order valence-corrected chi connectivity index (χ3v) is 4.16. The summed E-state index contributed by atoms with van der Waals surface area (Å²) in [5, 5.41) is 0.750. The molecule has 2 rings (SSSR count). The first-order valence-corrected chi connectivity index (χ1v) is 8.32. The Morgan fingerprint density at radius 3 is 2.71 bits per heavy atom. The average molecular weight is 308 g/mol. The van der Waals surface area contributed by atoms with Crippen LogP contribution in [-0.2, 0) is 6.54 Å². The largest absolute Gasteiger partial charge is 0.328 e. The Labute approximate surface area is 132 Å². The fourth-order valence-electron chi connectivity index (χ4n) is 2.83. The molecule has 0 spiro atoms. The zero-order chi connectivity index (χ0) is 15.4. The van der Waals surface area contributed by atoms with E-state index in [0.29, 0.717) is 5.92 Å².